The van der Waals surface area contributed by atoms with E-state index in [0.29, 0.717) is 0 Å². The molecule has 0 fully saturated rings. The maximum atomic E-state index is 8.69. The zero-order chi connectivity index (χ0) is 4.50. The van der Waals surface area contributed by atoms with Crippen molar-refractivity contribution < 1.29 is 98.5 Å². The molecule has 0 saturated carbocycles. The van der Waals surface area contributed by atoms with Crippen molar-refractivity contribution in [3.05, 3.63) is 0 Å². The summed E-state index contributed by atoms with van der Waals surface area (Å²) in [6.07, 6.45) is 0. The van der Waals surface area contributed by atoms with Gasteiger partial charge in [0.2, 0.25) is 0 Å². The van der Waals surface area contributed by atoms with Crippen LogP contribution in [0.15, 0.2) is 0 Å². The van der Waals surface area contributed by atoms with Crippen molar-refractivity contribution in [2.45, 2.75) is 0 Å². The second-order valence-electron chi connectivity index (χ2n) is 0.396. The Morgan fingerprint density at radius 1 is 1.29 bits per heavy atom. The van der Waals surface area contributed by atoms with E-state index in [9.17, 15) is 0 Å². The van der Waals surface area contributed by atoms with Gasteiger partial charge in [-0.25, -0.2) is 0 Å². The van der Waals surface area contributed by atoms with E-state index in [4.69, 9.17) is 15.7 Å². The summed E-state index contributed by atoms with van der Waals surface area (Å²) < 4.78 is 33.1. The summed E-state index contributed by atoms with van der Waals surface area (Å²) in [5.74, 6) is 0. The molecule has 0 heterocycles. The Bertz CT molecular complexity index is 137. The molecule has 0 aliphatic heterocycles. The quantitative estimate of drug-likeness (QED) is 0.421. The van der Waals surface area contributed by atoms with Crippen LogP contribution in [0, 0.1) is 0 Å². The van der Waals surface area contributed by atoms with Crippen LogP contribution in [0.5, 0.6) is 0 Å². The Labute approximate surface area is 96.6 Å². The molecule has 4 nitrogen and oxygen atoms in total. The van der Waals surface area contributed by atoms with Crippen LogP contribution >= 0.6 is 0 Å². The van der Waals surface area contributed by atoms with Gasteiger partial charge in [-0.2, -0.15) is 0 Å². The minimum absolute atomic E-state index is 0. The average molecular weight is 216 g/mol. The molecule has 0 radical (unpaired) electrons. The Morgan fingerprint density at radius 2 is 1.29 bits per heavy atom. The second-order valence-corrected chi connectivity index (χ2v) is 1.63. The summed E-state index contributed by atoms with van der Waals surface area (Å²) >= 11 is -5.38. The number of rotatable bonds is 0. The first-order valence-corrected chi connectivity index (χ1v) is 2.61. The summed E-state index contributed by atoms with van der Waals surface area (Å²) in [5.41, 5.74) is 0. The average Bonchev–Trinajstić information content (AvgIpc) is 0.722. The summed E-state index contributed by atoms with van der Waals surface area (Å²) in [4.78, 5) is 0. The molecule has 0 aromatic rings. The first-order chi connectivity index (χ1) is 2.00. The van der Waals surface area contributed by atoms with Crippen molar-refractivity contribution in [2.24, 2.45) is 0 Å². The molecular formula is H2FeKMnO4. The van der Waals surface area contributed by atoms with Crippen LogP contribution in [0.2, 0.25) is 0 Å². The molecule has 0 aromatic heterocycles. The van der Waals surface area contributed by atoms with Crippen LogP contribution in [0.1, 0.15) is 1.43 Å². The SMILES string of the molecule is [Fe].[H-].[K+].[O]=[Mn](=[O])(=[O])[OH]. The molecule has 0 aliphatic rings. The third-order valence-electron chi connectivity index (χ3n) is 0. The maximum absolute atomic E-state index is 8.69. The van der Waals surface area contributed by atoms with Gasteiger partial charge in [-0.05, 0) is 0 Å². The van der Waals surface area contributed by atoms with Gasteiger partial charge >= 0.3 is 80.0 Å². The summed E-state index contributed by atoms with van der Waals surface area (Å²) in [7, 11) is 0. The monoisotopic (exact) mass is 216 g/mol. The van der Waals surface area contributed by atoms with E-state index in [2.05, 4.69) is 0 Å². The minimum atomic E-state index is -5.38. The van der Waals surface area contributed by atoms with E-state index < -0.39 is 13.0 Å². The standard InChI is InChI=1S/Fe.K.Mn.H2O.3O.H/h;;;1H2;;;;/q;2*+1;;;;;-1/p-1. The van der Waals surface area contributed by atoms with E-state index in [1.807, 2.05) is 0 Å². The van der Waals surface area contributed by atoms with E-state index in [0.717, 1.165) is 0 Å². The van der Waals surface area contributed by atoms with Crippen molar-refractivity contribution in [1.29, 1.82) is 0 Å². The van der Waals surface area contributed by atoms with Crippen molar-refractivity contribution in [3.8, 4) is 0 Å². The zero-order valence-electron chi connectivity index (χ0n) is 4.40. The molecule has 0 saturated heterocycles. The molecule has 0 amide bonds. The predicted molar refractivity (Wildman–Crippen MR) is 5.39 cm³/mol. The van der Waals surface area contributed by atoms with Crippen molar-refractivity contribution >= 4 is 0 Å². The number of hydrogen-bond acceptors (Lipinski definition) is 3. The fourth-order valence-corrected chi connectivity index (χ4v) is 0. The topological polar surface area (TPSA) is 71.4 Å². The van der Waals surface area contributed by atoms with Gasteiger partial charge in [-0.15, -0.1) is 0 Å². The van der Waals surface area contributed by atoms with Crippen LogP contribution in [0.25, 0.3) is 0 Å². The molecule has 0 aromatic carbocycles. The molecule has 0 bridgehead atoms. The third-order valence-corrected chi connectivity index (χ3v) is 0. The first kappa shape index (κ1) is 16.0. The summed E-state index contributed by atoms with van der Waals surface area (Å²) in [6, 6.07) is 0. The molecule has 0 rings (SSSR count). The van der Waals surface area contributed by atoms with Crippen LogP contribution in [-0.2, 0) is 41.5 Å². The van der Waals surface area contributed by atoms with Gasteiger partial charge in [-0.3, -0.25) is 0 Å². The summed E-state index contributed by atoms with van der Waals surface area (Å²) in [5, 5.41) is 0. The van der Waals surface area contributed by atoms with Crippen molar-refractivity contribution in [1.82, 2.24) is 0 Å². The van der Waals surface area contributed by atoms with Gasteiger partial charge in [0, 0.05) is 17.1 Å². The van der Waals surface area contributed by atoms with Gasteiger partial charge in [0.1, 0.15) is 0 Å². The second kappa shape index (κ2) is 6.16. The van der Waals surface area contributed by atoms with E-state index in [-0.39, 0.29) is 69.9 Å². The fraction of sp³-hybridized carbons (Fsp3) is 0. The zero-order valence-corrected chi connectivity index (χ0v) is 8.81. The fourth-order valence-electron chi connectivity index (χ4n) is 0. The Hall–Kier alpha value is 2.04. The van der Waals surface area contributed by atoms with E-state index in [1.54, 1.807) is 0 Å². The number of hydrogen-bond donors (Lipinski definition) is 1. The molecule has 7 heavy (non-hydrogen) atoms. The van der Waals surface area contributed by atoms with Crippen LogP contribution in [0.3, 0.4) is 0 Å². The Morgan fingerprint density at radius 3 is 1.29 bits per heavy atom. The van der Waals surface area contributed by atoms with Gasteiger partial charge in [0.05, 0.1) is 0 Å². The first-order valence-electron chi connectivity index (χ1n) is 0.632. The molecule has 1 N–H and O–H groups in total. The van der Waals surface area contributed by atoms with Gasteiger partial charge in [0.15, 0.2) is 0 Å². The molecule has 0 aliphatic carbocycles. The molecule has 0 atom stereocenters. The van der Waals surface area contributed by atoms with Gasteiger partial charge in [-0.1, -0.05) is 0 Å². The van der Waals surface area contributed by atoms with E-state index in [1.165, 1.54) is 0 Å². The molecule has 0 unspecified atom stereocenters. The van der Waals surface area contributed by atoms with Crippen molar-refractivity contribution in [3.63, 3.8) is 0 Å². The van der Waals surface area contributed by atoms with Crippen LogP contribution in [0.4, 0.5) is 0 Å². The molecule has 42 valence electrons. The molecule has 7 heteroatoms. The van der Waals surface area contributed by atoms with Gasteiger partial charge in [0.25, 0.3) is 0 Å². The predicted octanol–water partition coefficient (Wildman–Crippen LogP) is -3.80. The van der Waals surface area contributed by atoms with Crippen LogP contribution in [-0.4, -0.2) is 4.19 Å². The van der Waals surface area contributed by atoms with E-state index >= 15 is 0 Å². The summed E-state index contributed by atoms with van der Waals surface area (Å²) in [6.45, 7) is 0. The molecular weight excluding hydrogens is 214 g/mol. The Balaban J connectivity index is -0.0000000267. The van der Waals surface area contributed by atoms with Crippen LogP contribution < -0.4 is 51.4 Å². The van der Waals surface area contributed by atoms with Crippen molar-refractivity contribution in [2.75, 3.05) is 0 Å². The normalized spacial score (nSPS) is 8.14. The Kier molecular flexibility index (Phi) is 14.1. The van der Waals surface area contributed by atoms with Gasteiger partial charge < -0.3 is 1.43 Å². The molecule has 0 spiro atoms. The third kappa shape index (κ3) is 70.7.